The molecule has 0 radical (unpaired) electrons. The van der Waals surface area contributed by atoms with Crippen molar-refractivity contribution in [3.63, 3.8) is 0 Å². The quantitative estimate of drug-likeness (QED) is 0.476. The van der Waals surface area contributed by atoms with Gasteiger partial charge in [-0.15, -0.1) is 0 Å². The largest absolute Gasteiger partial charge is 0.275 e. The van der Waals surface area contributed by atoms with Crippen molar-refractivity contribution in [3.05, 3.63) is 29.1 Å². The third kappa shape index (κ3) is 2.58. The highest BCUT2D eigenvalue weighted by Crippen LogP contribution is 2.30. The van der Waals surface area contributed by atoms with Crippen LogP contribution in [0.1, 0.15) is 49.9 Å². The Hall–Kier alpha value is -1.13. The van der Waals surface area contributed by atoms with E-state index in [9.17, 15) is 0 Å². The molecule has 1 aromatic rings. The summed E-state index contributed by atoms with van der Waals surface area (Å²) in [5, 5.41) is 4.49. The van der Waals surface area contributed by atoms with Crippen LogP contribution in [0.2, 0.25) is 0 Å². The van der Waals surface area contributed by atoms with Crippen molar-refractivity contribution in [3.8, 4) is 0 Å². The zero-order valence-corrected chi connectivity index (χ0v) is 10.7. The van der Waals surface area contributed by atoms with E-state index in [4.69, 9.17) is 5.84 Å². The Balaban J connectivity index is 2.30. The van der Waals surface area contributed by atoms with Crippen LogP contribution < -0.4 is 11.3 Å². The third-order valence-corrected chi connectivity index (χ3v) is 3.45. The predicted molar refractivity (Wildman–Crippen MR) is 69.2 cm³/mol. The van der Waals surface area contributed by atoms with E-state index in [1.807, 2.05) is 11.7 Å². The van der Waals surface area contributed by atoms with Gasteiger partial charge in [-0.2, -0.15) is 5.10 Å². The molecule has 17 heavy (non-hydrogen) atoms. The van der Waals surface area contributed by atoms with E-state index in [-0.39, 0.29) is 6.04 Å². The average molecular weight is 234 g/mol. The molecule has 1 unspecified atom stereocenters. The molecule has 1 heterocycles. The number of nitrogens with two attached hydrogens (primary N) is 1. The second kappa shape index (κ2) is 5.47. The molecular weight excluding hydrogens is 212 g/mol. The Morgan fingerprint density at radius 1 is 1.53 bits per heavy atom. The van der Waals surface area contributed by atoms with Crippen LogP contribution in [0.5, 0.6) is 0 Å². The van der Waals surface area contributed by atoms with Gasteiger partial charge in [-0.05, 0) is 32.1 Å². The molecule has 0 bridgehead atoms. The third-order valence-electron chi connectivity index (χ3n) is 3.45. The van der Waals surface area contributed by atoms with Gasteiger partial charge in [0.1, 0.15) is 0 Å². The first kappa shape index (κ1) is 12.3. The second-order valence-electron chi connectivity index (χ2n) is 4.68. The normalized spacial score (nSPS) is 17.9. The summed E-state index contributed by atoms with van der Waals surface area (Å²) in [6.07, 6.45) is 10.3. The first-order chi connectivity index (χ1) is 8.26. The summed E-state index contributed by atoms with van der Waals surface area (Å²) in [6, 6.07) is 0.138. The molecule has 0 saturated heterocycles. The lowest BCUT2D eigenvalue weighted by atomic mass is 9.90. The van der Waals surface area contributed by atoms with Crippen molar-refractivity contribution < 1.29 is 0 Å². The molecule has 1 aliphatic carbocycles. The van der Waals surface area contributed by atoms with Crippen molar-refractivity contribution in [2.45, 2.75) is 45.1 Å². The van der Waals surface area contributed by atoms with E-state index >= 15 is 0 Å². The van der Waals surface area contributed by atoms with Gasteiger partial charge in [-0.1, -0.05) is 18.6 Å². The molecule has 0 saturated carbocycles. The standard InChI is InChI=1S/C13H22N4/c1-3-12-11(9-17(2)16-12)13(15-14)10-7-5-4-6-8-10/h7,9,13,15H,3-6,8,14H2,1-2H3. The van der Waals surface area contributed by atoms with E-state index in [0.717, 1.165) is 18.5 Å². The Labute approximate surface area is 103 Å². The van der Waals surface area contributed by atoms with Gasteiger partial charge in [0.15, 0.2) is 0 Å². The maximum Gasteiger partial charge on any atom is 0.0703 e. The van der Waals surface area contributed by atoms with E-state index in [1.165, 1.54) is 30.4 Å². The van der Waals surface area contributed by atoms with E-state index in [1.54, 1.807) is 0 Å². The highest BCUT2D eigenvalue weighted by atomic mass is 15.3. The maximum absolute atomic E-state index is 5.74. The number of aryl methyl sites for hydroxylation is 2. The van der Waals surface area contributed by atoms with Crippen molar-refractivity contribution in [2.75, 3.05) is 0 Å². The smallest absolute Gasteiger partial charge is 0.0703 e. The van der Waals surface area contributed by atoms with Crippen LogP contribution in [0.3, 0.4) is 0 Å². The van der Waals surface area contributed by atoms with Gasteiger partial charge in [-0.25, -0.2) is 5.43 Å². The lowest BCUT2D eigenvalue weighted by molar-refractivity contribution is 0.562. The van der Waals surface area contributed by atoms with Crippen molar-refractivity contribution in [2.24, 2.45) is 12.9 Å². The molecule has 4 nitrogen and oxygen atoms in total. The van der Waals surface area contributed by atoms with Gasteiger partial charge in [0, 0.05) is 18.8 Å². The van der Waals surface area contributed by atoms with Gasteiger partial charge >= 0.3 is 0 Å². The van der Waals surface area contributed by atoms with Crippen LogP contribution in [-0.4, -0.2) is 9.78 Å². The average Bonchev–Trinajstić information content (AvgIpc) is 2.73. The Morgan fingerprint density at radius 3 is 2.94 bits per heavy atom. The summed E-state index contributed by atoms with van der Waals surface area (Å²) in [7, 11) is 1.96. The fraction of sp³-hybridized carbons (Fsp3) is 0.615. The fourth-order valence-corrected chi connectivity index (χ4v) is 2.59. The summed E-state index contributed by atoms with van der Waals surface area (Å²) < 4.78 is 1.88. The number of nitrogens with zero attached hydrogens (tertiary/aromatic N) is 2. The monoisotopic (exact) mass is 234 g/mol. The van der Waals surface area contributed by atoms with Crippen molar-refractivity contribution in [1.82, 2.24) is 15.2 Å². The molecule has 1 aliphatic rings. The molecule has 1 aromatic heterocycles. The number of hydrazine groups is 1. The van der Waals surface area contributed by atoms with Gasteiger partial charge in [-0.3, -0.25) is 10.5 Å². The predicted octanol–water partition coefficient (Wildman–Crippen LogP) is 1.99. The first-order valence-electron chi connectivity index (χ1n) is 6.43. The van der Waals surface area contributed by atoms with Crippen LogP contribution in [0.25, 0.3) is 0 Å². The second-order valence-corrected chi connectivity index (χ2v) is 4.68. The minimum Gasteiger partial charge on any atom is -0.275 e. The van der Waals surface area contributed by atoms with E-state index < -0.39 is 0 Å². The van der Waals surface area contributed by atoms with E-state index in [2.05, 4.69) is 29.7 Å². The molecule has 1 atom stereocenters. The molecule has 4 heteroatoms. The summed E-state index contributed by atoms with van der Waals surface area (Å²) in [5.41, 5.74) is 6.74. The first-order valence-corrected chi connectivity index (χ1v) is 6.43. The highest BCUT2D eigenvalue weighted by Gasteiger charge is 2.21. The minimum atomic E-state index is 0.138. The van der Waals surface area contributed by atoms with Gasteiger partial charge in [0.2, 0.25) is 0 Å². The number of hydrogen-bond acceptors (Lipinski definition) is 3. The molecule has 2 rings (SSSR count). The molecule has 0 aromatic carbocycles. The SMILES string of the molecule is CCc1nn(C)cc1C(NN)C1=CCCCC1. The zero-order chi connectivity index (χ0) is 12.3. The summed E-state index contributed by atoms with van der Waals surface area (Å²) in [4.78, 5) is 0. The van der Waals surface area contributed by atoms with Crippen LogP contribution in [0.15, 0.2) is 17.8 Å². The molecule has 0 aliphatic heterocycles. The molecule has 3 N–H and O–H groups in total. The van der Waals surface area contributed by atoms with Crippen LogP contribution in [-0.2, 0) is 13.5 Å². The molecule has 94 valence electrons. The number of allylic oxidation sites excluding steroid dienone is 1. The maximum atomic E-state index is 5.74. The summed E-state index contributed by atoms with van der Waals surface area (Å²) in [5.74, 6) is 5.74. The van der Waals surface area contributed by atoms with Crippen LogP contribution in [0.4, 0.5) is 0 Å². The van der Waals surface area contributed by atoms with Crippen LogP contribution >= 0.6 is 0 Å². The fourth-order valence-electron chi connectivity index (χ4n) is 2.59. The van der Waals surface area contributed by atoms with Gasteiger partial charge < -0.3 is 0 Å². The van der Waals surface area contributed by atoms with Gasteiger partial charge in [0.05, 0.1) is 11.7 Å². The highest BCUT2D eigenvalue weighted by molar-refractivity contribution is 5.30. The molecule has 0 fully saturated rings. The number of hydrogen-bond donors (Lipinski definition) is 2. The topological polar surface area (TPSA) is 55.9 Å². The number of rotatable bonds is 4. The number of aromatic nitrogens is 2. The lowest BCUT2D eigenvalue weighted by Crippen LogP contribution is -2.30. The van der Waals surface area contributed by atoms with E-state index in [0.29, 0.717) is 0 Å². The summed E-state index contributed by atoms with van der Waals surface area (Å²) in [6.45, 7) is 2.13. The lowest BCUT2D eigenvalue weighted by Gasteiger charge is -2.22. The zero-order valence-electron chi connectivity index (χ0n) is 10.7. The van der Waals surface area contributed by atoms with Crippen molar-refractivity contribution in [1.29, 1.82) is 0 Å². The van der Waals surface area contributed by atoms with Crippen LogP contribution in [0, 0.1) is 0 Å². The minimum absolute atomic E-state index is 0.138. The Bertz CT molecular complexity index is 406. The summed E-state index contributed by atoms with van der Waals surface area (Å²) >= 11 is 0. The molecule has 0 spiro atoms. The molecular formula is C13H22N4. The number of nitrogens with one attached hydrogen (secondary N) is 1. The Morgan fingerprint density at radius 2 is 2.35 bits per heavy atom. The van der Waals surface area contributed by atoms with Gasteiger partial charge in [0.25, 0.3) is 0 Å². The van der Waals surface area contributed by atoms with Crippen molar-refractivity contribution >= 4 is 0 Å². The Kier molecular flexibility index (Phi) is 3.97. The molecule has 0 amide bonds.